The summed E-state index contributed by atoms with van der Waals surface area (Å²) in [6.07, 6.45) is 6.33. The van der Waals surface area contributed by atoms with Gasteiger partial charge in [-0.05, 0) is 38.0 Å². The molecule has 4 aromatic rings. The van der Waals surface area contributed by atoms with Gasteiger partial charge in [0.05, 0.1) is 22.5 Å². The fourth-order valence-corrected chi connectivity index (χ4v) is 4.60. The molecular weight excluding hydrogens is 402 g/mol. The number of nitrogens with zero attached hydrogens (tertiary/aromatic N) is 4. The summed E-state index contributed by atoms with van der Waals surface area (Å²) in [4.78, 5) is 30.9. The minimum atomic E-state index is 0.00531. The van der Waals surface area contributed by atoms with Crippen molar-refractivity contribution >= 4 is 28.6 Å². The highest BCUT2D eigenvalue weighted by molar-refractivity contribution is 5.98. The van der Waals surface area contributed by atoms with Crippen LogP contribution in [0.25, 0.3) is 10.9 Å². The molecule has 1 atom stereocenters. The maximum Gasteiger partial charge on any atom is 0.230 e. The van der Waals surface area contributed by atoms with E-state index in [1.165, 1.54) is 19.3 Å². The molecule has 1 saturated carbocycles. The zero-order valence-electron chi connectivity index (χ0n) is 17.8. The standard InChI is InChI=1S/C25H23N5O2/c1-14-17-7-2-3-8-19(17)28-25(27-14)30-24-26-13-18-20(29-24)11-16(12-21(18)31)23-10-9-22(32-23)15-5-4-6-15/h2-3,7-10,13,15-16H,4-6,11-12H2,1H3,(H,26,27,28,29,30). The average molecular weight is 425 g/mol. The lowest BCUT2D eigenvalue weighted by Gasteiger charge is -2.24. The van der Waals surface area contributed by atoms with Crippen LogP contribution in [0.1, 0.15) is 70.8 Å². The fourth-order valence-electron chi connectivity index (χ4n) is 4.60. The number of anilines is 2. The zero-order valence-corrected chi connectivity index (χ0v) is 17.8. The van der Waals surface area contributed by atoms with Gasteiger partial charge in [-0.15, -0.1) is 0 Å². The molecule has 7 heteroatoms. The molecule has 1 unspecified atom stereocenters. The van der Waals surface area contributed by atoms with Gasteiger partial charge in [0.25, 0.3) is 0 Å². The van der Waals surface area contributed by atoms with Crippen molar-refractivity contribution in [1.29, 1.82) is 0 Å². The predicted octanol–water partition coefficient (Wildman–Crippen LogP) is 5.25. The van der Waals surface area contributed by atoms with E-state index in [2.05, 4.69) is 31.3 Å². The number of aromatic nitrogens is 4. The van der Waals surface area contributed by atoms with Crippen LogP contribution in [-0.4, -0.2) is 25.7 Å². The number of furan rings is 1. The summed E-state index contributed by atoms with van der Waals surface area (Å²) >= 11 is 0. The molecule has 160 valence electrons. The first-order valence-electron chi connectivity index (χ1n) is 11.1. The molecule has 1 aromatic carbocycles. The quantitative estimate of drug-likeness (QED) is 0.477. The number of para-hydroxylation sites is 1. The highest BCUT2D eigenvalue weighted by Crippen LogP contribution is 2.40. The highest BCUT2D eigenvalue weighted by atomic mass is 16.3. The third-order valence-electron chi connectivity index (χ3n) is 6.61. The molecule has 6 rings (SSSR count). The second kappa shape index (κ2) is 7.51. The Bertz CT molecular complexity index is 1340. The molecule has 0 saturated heterocycles. The van der Waals surface area contributed by atoms with Crippen molar-refractivity contribution in [3.8, 4) is 0 Å². The number of Topliss-reactive ketones (excluding diaryl/α,β-unsaturated/α-hetero) is 1. The number of hydrogen-bond acceptors (Lipinski definition) is 7. The van der Waals surface area contributed by atoms with Crippen LogP contribution in [0, 0.1) is 6.92 Å². The summed E-state index contributed by atoms with van der Waals surface area (Å²) in [5.41, 5.74) is 3.07. The number of aryl methyl sites for hydroxylation is 1. The molecule has 0 amide bonds. The lowest BCUT2D eigenvalue weighted by Crippen LogP contribution is -2.21. The van der Waals surface area contributed by atoms with Crippen molar-refractivity contribution in [3.05, 3.63) is 71.1 Å². The number of carbonyl (C=O) groups is 1. The normalized spacial score (nSPS) is 18.4. The highest BCUT2D eigenvalue weighted by Gasteiger charge is 2.31. The molecule has 1 N–H and O–H groups in total. The van der Waals surface area contributed by atoms with E-state index in [1.54, 1.807) is 6.20 Å². The van der Waals surface area contributed by atoms with Crippen molar-refractivity contribution in [2.75, 3.05) is 5.32 Å². The van der Waals surface area contributed by atoms with Crippen LogP contribution in [-0.2, 0) is 6.42 Å². The van der Waals surface area contributed by atoms with Gasteiger partial charge in [0, 0.05) is 36.3 Å². The van der Waals surface area contributed by atoms with Gasteiger partial charge in [0.1, 0.15) is 11.5 Å². The molecule has 0 bridgehead atoms. The van der Waals surface area contributed by atoms with Gasteiger partial charge in [0.15, 0.2) is 5.78 Å². The topological polar surface area (TPSA) is 93.8 Å². The van der Waals surface area contributed by atoms with E-state index < -0.39 is 0 Å². The minimum absolute atomic E-state index is 0.00531. The molecule has 7 nitrogen and oxygen atoms in total. The van der Waals surface area contributed by atoms with Crippen LogP contribution < -0.4 is 5.32 Å². The van der Waals surface area contributed by atoms with Crippen molar-refractivity contribution in [2.24, 2.45) is 0 Å². The van der Waals surface area contributed by atoms with Crippen LogP contribution in [0.4, 0.5) is 11.9 Å². The third kappa shape index (κ3) is 3.34. The molecule has 0 spiro atoms. The van der Waals surface area contributed by atoms with Gasteiger partial charge < -0.3 is 4.42 Å². The molecule has 32 heavy (non-hydrogen) atoms. The summed E-state index contributed by atoms with van der Waals surface area (Å²) < 4.78 is 6.14. The van der Waals surface area contributed by atoms with Crippen LogP contribution in [0.15, 0.2) is 47.0 Å². The van der Waals surface area contributed by atoms with E-state index in [-0.39, 0.29) is 11.7 Å². The van der Waals surface area contributed by atoms with E-state index in [0.717, 1.165) is 33.8 Å². The van der Waals surface area contributed by atoms with E-state index >= 15 is 0 Å². The van der Waals surface area contributed by atoms with E-state index in [4.69, 9.17) is 4.42 Å². The Balaban J connectivity index is 1.27. The van der Waals surface area contributed by atoms with Crippen molar-refractivity contribution in [2.45, 2.75) is 50.9 Å². The van der Waals surface area contributed by atoms with E-state index in [0.29, 0.717) is 36.2 Å². The Kier molecular flexibility index (Phi) is 4.48. The number of ketones is 1. The first-order chi connectivity index (χ1) is 15.6. The molecular formula is C25H23N5O2. The molecule has 3 aromatic heterocycles. The largest absolute Gasteiger partial charge is 0.465 e. The Morgan fingerprint density at radius 3 is 2.56 bits per heavy atom. The Morgan fingerprint density at radius 2 is 1.75 bits per heavy atom. The number of carbonyl (C=O) groups excluding carboxylic acids is 1. The van der Waals surface area contributed by atoms with E-state index in [1.807, 2.05) is 37.3 Å². The molecule has 2 aliphatic rings. The second-order valence-corrected chi connectivity index (χ2v) is 8.73. The van der Waals surface area contributed by atoms with Crippen LogP contribution in [0.3, 0.4) is 0 Å². The van der Waals surface area contributed by atoms with Crippen molar-refractivity contribution in [3.63, 3.8) is 0 Å². The molecule has 0 radical (unpaired) electrons. The molecule has 2 aliphatic carbocycles. The number of hydrogen-bond donors (Lipinski definition) is 1. The summed E-state index contributed by atoms with van der Waals surface area (Å²) in [6.45, 7) is 1.95. The Hall–Kier alpha value is -3.61. The Morgan fingerprint density at radius 1 is 0.938 bits per heavy atom. The maximum atomic E-state index is 12.8. The number of rotatable bonds is 4. The monoisotopic (exact) mass is 425 g/mol. The minimum Gasteiger partial charge on any atom is -0.465 e. The number of fused-ring (bicyclic) bond motifs is 2. The summed E-state index contributed by atoms with van der Waals surface area (Å²) in [5, 5.41) is 4.12. The first-order valence-corrected chi connectivity index (χ1v) is 11.1. The lowest BCUT2D eigenvalue weighted by atomic mass is 9.84. The van der Waals surface area contributed by atoms with Gasteiger partial charge >= 0.3 is 0 Å². The van der Waals surface area contributed by atoms with Gasteiger partial charge in [-0.3, -0.25) is 10.1 Å². The predicted molar refractivity (Wildman–Crippen MR) is 120 cm³/mol. The summed E-state index contributed by atoms with van der Waals surface area (Å²) in [7, 11) is 0. The number of nitrogens with one attached hydrogen (secondary N) is 1. The second-order valence-electron chi connectivity index (χ2n) is 8.73. The van der Waals surface area contributed by atoms with Gasteiger partial charge in [-0.25, -0.2) is 19.9 Å². The summed E-state index contributed by atoms with van der Waals surface area (Å²) in [6, 6.07) is 12.0. The number of benzene rings is 1. The van der Waals surface area contributed by atoms with Gasteiger partial charge in [-0.1, -0.05) is 24.6 Å². The first kappa shape index (κ1) is 19.1. The fraction of sp³-hybridized carbons (Fsp3) is 0.320. The Labute approximate surface area is 185 Å². The van der Waals surface area contributed by atoms with Gasteiger partial charge in [0.2, 0.25) is 11.9 Å². The average Bonchev–Trinajstić information content (AvgIpc) is 3.22. The maximum absolute atomic E-state index is 12.8. The van der Waals surface area contributed by atoms with Gasteiger partial charge in [-0.2, -0.15) is 0 Å². The third-order valence-corrected chi connectivity index (χ3v) is 6.61. The SMILES string of the molecule is Cc1nc(Nc2ncc3c(n2)CC(c2ccc(C4CCC4)o2)CC3=O)nc2ccccc12. The smallest absolute Gasteiger partial charge is 0.230 e. The van der Waals surface area contributed by atoms with Crippen molar-refractivity contribution in [1.82, 2.24) is 19.9 Å². The van der Waals surface area contributed by atoms with Crippen LogP contribution in [0.5, 0.6) is 0 Å². The van der Waals surface area contributed by atoms with Crippen LogP contribution >= 0.6 is 0 Å². The van der Waals surface area contributed by atoms with E-state index in [9.17, 15) is 4.79 Å². The van der Waals surface area contributed by atoms with Crippen molar-refractivity contribution < 1.29 is 9.21 Å². The molecule has 1 fully saturated rings. The summed E-state index contributed by atoms with van der Waals surface area (Å²) in [5.74, 6) is 3.37. The lowest BCUT2D eigenvalue weighted by molar-refractivity contribution is 0.0958. The molecule has 3 heterocycles. The molecule has 0 aliphatic heterocycles. The van der Waals surface area contributed by atoms with Crippen LogP contribution in [0.2, 0.25) is 0 Å². The zero-order chi connectivity index (χ0) is 21.7.